The van der Waals surface area contributed by atoms with Crippen LogP contribution in [0, 0.1) is 0 Å². The molecule has 7 aromatic rings. The lowest BCUT2D eigenvalue weighted by atomic mass is 9.85. The first-order valence-corrected chi connectivity index (χ1v) is 16.6. The summed E-state index contributed by atoms with van der Waals surface area (Å²) in [5.74, 6) is 0.276. The highest BCUT2D eigenvalue weighted by Gasteiger charge is 2.20. The van der Waals surface area contributed by atoms with Crippen molar-refractivity contribution in [1.29, 1.82) is 0 Å². The number of anilines is 5. The second-order valence-electron chi connectivity index (χ2n) is 12.1. The van der Waals surface area contributed by atoms with Crippen LogP contribution in [0.4, 0.5) is 28.4 Å². The monoisotopic (exact) mass is 616 g/mol. The number of rotatable bonds is 8. The Labute approximate surface area is 283 Å². The molecule has 230 valence electrons. The first-order chi connectivity index (χ1) is 23.8. The Kier molecular flexibility index (Phi) is 8.13. The van der Waals surface area contributed by atoms with Gasteiger partial charge in [-0.1, -0.05) is 133 Å². The van der Waals surface area contributed by atoms with E-state index in [9.17, 15) is 0 Å². The van der Waals surface area contributed by atoms with Crippen molar-refractivity contribution in [1.82, 2.24) is 0 Å². The second kappa shape index (κ2) is 13.3. The molecule has 1 aliphatic rings. The summed E-state index contributed by atoms with van der Waals surface area (Å²) in [4.78, 5) is 4.65. The molecule has 0 spiro atoms. The van der Waals surface area contributed by atoms with Crippen LogP contribution in [0.2, 0.25) is 0 Å². The van der Waals surface area contributed by atoms with Gasteiger partial charge in [-0.2, -0.15) is 0 Å². The molecule has 7 aromatic carbocycles. The van der Waals surface area contributed by atoms with Gasteiger partial charge in [0, 0.05) is 40.1 Å². The van der Waals surface area contributed by atoms with Crippen LogP contribution in [0.1, 0.15) is 17.9 Å². The molecule has 2 nitrogen and oxygen atoms in total. The minimum Gasteiger partial charge on any atom is -0.311 e. The number of benzene rings is 7. The van der Waals surface area contributed by atoms with Gasteiger partial charge in [0.25, 0.3) is 0 Å². The average molecular weight is 617 g/mol. The van der Waals surface area contributed by atoms with Crippen molar-refractivity contribution in [3.05, 3.63) is 211 Å². The summed E-state index contributed by atoms with van der Waals surface area (Å²) in [6, 6.07) is 64.9. The fraction of sp³-hybridized carbons (Fsp3) is 0.0435. The Bertz CT molecular complexity index is 2100. The molecule has 0 radical (unpaired) electrons. The zero-order valence-electron chi connectivity index (χ0n) is 26.7. The fourth-order valence-electron chi connectivity index (χ4n) is 6.92. The van der Waals surface area contributed by atoms with Gasteiger partial charge in [-0.05, 0) is 101 Å². The first-order valence-electron chi connectivity index (χ1n) is 16.6. The lowest BCUT2D eigenvalue weighted by molar-refractivity contribution is 0.847. The van der Waals surface area contributed by atoms with Crippen LogP contribution < -0.4 is 9.80 Å². The van der Waals surface area contributed by atoms with Crippen LogP contribution in [-0.4, -0.2) is 0 Å². The molecule has 1 aliphatic carbocycles. The van der Waals surface area contributed by atoms with E-state index in [0.29, 0.717) is 0 Å². The maximum absolute atomic E-state index is 2.39. The van der Waals surface area contributed by atoms with Crippen molar-refractivity contribution in [3.8, 4) is 11.1 Å². The zero-order chi connectivity index (χ0) is 32.1. The van der Waals surface area contributed by atoms with E-state index in [0.717, 1.165) is 34.9 Å². The molecule has 0 saturated carbocycles. The lowest BCUT2D eigenvalue weighted by Gasteiger charge is -2.29. The van der Waals surface area contributed by atoms with Gasteiger partial charge >= 0.3 is 0 Å². The normalized spacial score (nSPS) is 14.0. The maximum atomic E-state index is 2.39. The third-order valence-corrected chi connectivity index (χ3v) is 9.17. The predicted molar refractivity (Wildman–Crippen MR) is 204 cm³/mol. The van der Waals surface area contributed by atoms with Gasteiger partial charge in [0.1, 0.15) is 0 Å². The molecule has 0 heterocycles. The van der Waals surface area contributed by atoms with Crippen LogP contribution >= 0.6 is 0 Å². The van der Waals surface area contributed by atoms with Crippen LogP contribution in [0.25, 0.3) is 21.9 Å². The Balaban J connectivity index is 1.14. The van der Waals surface area contributed by atoms with Crippen molar-refractivity contribution in [2.75, 3.05) is 9.80 Å². The Hall–Kier alpha value is -6.12. The summed E-state index contributed by atoms with van der Waals surface area (Å²) in [6.45, 7) is 0. The van der Waals surface area contributed by atoms with Crippen molar-refractivity contribution in [2.45, 2.75) is 12.3 Å². The molecule has 8 rings (SSSR count). The Morgan fingerprint density at radius 1 is 0.417 bits per heavy atom. The molecule has 0 N–H and O–H groups in total. The highest BCUT2D eigenvalue weighted by atomic mass is 15.1. The molecule has 2 heteroatoms. The summed E-state index contributed by atoms with van der Waals surface area (Å²) < 4.78 is 0. The summed E-state index contributed by atoms with van der Waals surface area (Å²) in [5, 5.41) is 2.59. The highest BCUT2D eigenvalue weighted by Crippen LogP contribution is 2.41. The molecule has 0 bridgehead atoms. The minimum absolute atomic E-state index is 0.276. The molecular weight excluding hydrogens is 581 g/mol. The predicted octanol–water partition coefficient (Wildman–Crippen LogP) is 12.7. The number of para-hydroxylation sites is 4. The smallest absolute Gasteiger partial charge is 0.0462 e. The number of nitrogens with zero attached hydrogens (tertiary/aromatic N) is 2. The van der Waals surface area contributed by atoms with Gasteiger partial charge in [0.05, 0.1) is 0 Å². The van der Waals surface area contributed by atoms with Crippen LogP contribution in [0.3, 0.4) is 0 Å². The van der Waals surface area contributed by atoms with Gasteiger partial charge in [-0.25, -0.2) is 0 Å². The summed E-state index contributed by atoms with van der Waals surface area (Å²) >= 11 is 0. The number of hydrogen-bond donors (Lipinski definition) is 0. The standard InChI is InChI=1S/C46H36N2/c1-5-17-38(18-6-1)47(39-19-7-2-8-20-39)42-31-27-35(28-32-42)44-25-13-15-37-16-14-26-45(46(37)44)36-29-33-43(34-30-36)48(40-21-9-3-10-22-40)41-23-11-4-12-24-41/h1-29,31-34,36H,30H2. The van der Waals surface area contributed by atoms with Gasteiger partial charge in [-0.15, -0.1) is 0 Å². The summed E-state index contributed by atoms with van der Waals surface area (Å²) in [6.07, 6.45) is 8.01. The summed E-state index contributed by atoms with van der Waals surface area (Å²) in [7, 11) is 0. The molecule has 0 aromatic heterocycles. The van der Waals surface area contributed by atoms with Crippen molar-refractivity contribution >= 4 is 39.2 Å². The van der Waals surface area contributed by atoms with Crippen molar-refractivity contribution < 1.29 is 0 Å². The topological polar surface area (TPSA) is 6.48 Å². The highest BCUT2D eigenvalue weighted by molar-refractivity contribution is 6.00. The lowest BCUT2D eigenvalue weighted by Crippen LogP contribution is -2.17. The van der Waals surface area contributed by atoms with Crippen molar-refractivity contribution in [3.63, 3.8) is 0 Å². The van der Waals surface area contributed by atoms with Gasteiger partial charge in [-0.3, -0.25) is 0 Å². The van der Waals surface area contributed by atoms with E-state index in [1.54, 1.807) is 0 Å². The van der Waals surface area contributed by atoms with E-state index in [4.69, 9.17) is 0 Å². The third-order valence-electron chi connectivity index (χ3n) is 9.17. The SMILES string of the molecule is C1=CC(c2cccc3cccc(-c4ccc(N(c5ccccc5)c5ccccc5)cc4)c23)CC=C1N(c1ccccc1)c1ccccc1. The van der Waals surface area contributed by atoms with E-state index in [2.05, 4.69) is 210 Å². The minimum atomic E-state index is 0.276. The molecule has 0 saturated heterocycles. The van der Waals surface area contributed by atoms with Crippen LogP contribution in [0.5, 0.6) is 0 Å². The van der Waals surface area contributed by atoms with E-state index in [-0.39, 0.29) is 5.92 Å². The summed E-state index contributed by atoms with van der Waals surface area (Å²) in [5.41, 5.74) is 10.8. The second-order valence-corrected chi connectivity index (χ2v) is 12.1. The molecule has 0 aliphatic heterocycles. The molecule has 0 fully saturated rings. The molecule has 1 atom stereocenters. The van der Waals surface area contributed by atoms with E-state index in [1.807, 2.05) is 0 Å². The molecular formula is C46H36N2. The average Bonchev–Trinajstić information content (AvgIpc) is 3.17. The number of hydrogen-bond acceptors (Lipinski definition) is 2. The number of fused-ring (bicyclic) bond motifs is 1. The van der Waals surface area contributed by atoms with Crippen molar-refractivity contribution in [2.24, 2.45) is 0 Å². The van der Waals surface area contributed by atoms with Gasteiger partial charge in [0.2, 0.25) is 0 Å². The van der Waals surface area contributed by atoms with Gasteiger partial charge in [0.15, 0.2) is 0 Å². The molecule has 0 amide bonds. The van der Waals surface area contributed by atoms with E-state index >= 15 is 0 Å². The van der Waals surface area contributed by atoms with E-state index in [1.165, 1.54) is 33.2 Å². The molecule has 1 unspecified atom stereocenters. The largest absolute Gasteiger partial charge is 0.311 e. The third kappa shape index (κ3) is 5.81. The maximum Gasteiger partial charge on any atom is 0.0462 e. The van der Waals surface area contributed by atoms with E-state index < -0.39 is 0 Å². The number of allylic oxidation sites excluding steroid dienone is 3. The van der Waals surface area contributed by atoms with Crippen LogP contribution in [0.15, 0.2) is 206 Å². The quantitative estimate of drug-likeness (QED) is 0.168. The van der Waals surface area contributed by atoms with Crippen LogP contribution in [-0.2, 0) is 0 Å². The molecule has 48 heavy (non-hydrogen) atoms. The Morgan fingerprint density at radius 3 is 1.40 bits per heavy atom. The fourth-order valence-corrected chi connectivity index (χ4v) is 6.92. The first kappa shape index (κ1) is 29.3. The Morgan fingerprint density at radius 2 is 0.896 bits per heavy atom. The zero-order valence-corrected chi connectivity index (χ0v) is 26.7. The van der Waals surface area contributed by atoms with Gasteiger partial charge < -0.3 is 9.80 Å².